The number of nitrogens with zero attached hydrogens (tertiary/aromatic N) is 2. The number of aromatic amines is 2. The second kappa shape index (κ2) is 4.34. The third kappa shape index (κ3) is 2.46. The van der Waals surface area contributed by atoms with E-state index in [4.69, 9.17) is 0 Å². The van der Waals surface area contributed by atoms with Crippen LogP contribution in [0.15, 0.2) is 20.7 Å². The van der Waals surface area contributed by atoms with Crippen molar-refractivity contribution in [1.82, 2.24) is 20.2 Å². The Kier molecular flexibility index (Phi) is 3.00. The van der Waals surface area contributed by atoms with Crippen molar-refractivity contribution in [1.29, 1.82) is 0 Å². The fourth-order valence-electron chi connectivity index (χ4n) is 1.10. The lowest BCUT2D eigenvalue weighted by atomic mass is 10.7. The van der Waals surface area contributed by atoms with E-state index in [1.165, 1.54) is 0 Å². The molecule has 0 radical (unpaired) electrons. The molecule has 0 aliphatic carbocycles. The largest absolute Gasteiger partial charge is 0.325 e. The fourth-order valence-corrected chi connectivity index (χ4v) is 2.93. The average Bonchev–Trinajstić information content (AvgIpc) is 2.62. The van der Waals surface area contributed by atoms with Crippen LogP contribution in [0, 0.1) is 6.92 Å². The van der Waals surface area contributed by atoms with Crippen molar-refractivity contribution in [3.8, 4) is 0 Å². The monoisotopic (exact) mass is 289 g/mol. The van der Waals surface area contributed by atoms with Gasteiger partial charge in [-0.1, -0.05) is 11.3 Å². The Morgan fingerprint density at radius 3 is 2.61 bits per heavy atom. The molecule has 0 atom stereocenters. The summed E-state index contributed by atoms with van der Waals surface area (Å²) in [5.41, 5.74) is -1.79. The molecule has 0 spiro atoms. The molecule has 18 heavy (non-hydrogen) atoms. The van der Waals surface area contributed by atoms with E-state index in [1.54, 1.807) is 6.92 Å². The molecule has 0 amide bonds. The second-order valence-electron chi connectivity index (χ2n) is 3.17. The van der Waals surface area contributed by atoms with Crippen LogP contribution >= 0.6 is 11.3 Å². The molecule has 96 valence electrons. The lowest BCUT2D eigenvalue weighted by molar-refractivity contribution is 0.599. The first kappa shape index (κ1) is 12.4. The van der Waals surface area contributed by atoms with E-state index in [-0.39, 0.29) is 5.13 Å². The van der Waals surface area contributed by atoms with Crippen molar-refractivity contribution in [3.05, 3.63) is 32.0 Å². The number of H-pyrrole nitrogens is 2. The Morgan fingerprint density at radius 2 is 2.06 bits per heavy atom. The van der Waals surface area contributed by atoms with Crippen LogP contribution in [0.25, 0.3) is 0 Å². The molecule has 2 aromatic rings. The van der Waals surface area contributed by atoms with Crippen LogP contribution < -0.4 is 16.0 Å². The van der Waals surface area contributed by atoms with Gasteiger partial charge in [0.15, 0.2) is 4.90 Å². The van der Waals surface area contributed by atoms with Gasteiger partial charge in [0.1, 0.15) is 5.01 Å². The summed E-state index contributed by atoms with van der Waals surface area (Å²) in [6.07, 6.45) is 0.817. The van der Waals surface area contributed by atoms with E-state index in [9.17, 15) is 18.0 Å². The van der Waals surface area contributed by atoms with E-state index >= 15 is 0 Å². The Balaban J connectivity index is 2.43. The smallest absolute Gasteiger partial charge is 0.313 e. The van der Waals surface area contributed by atoms with Gasteiger partial charge in [-0.25, -0.2) is 13.2 Å². The summed E-state index contributed by atoms with van der Waals surface area (Å²) in [6, 6.07) is 0. The van der Waals surface area contributed by atoms with Gasteiger partial charge in [-0.3, -0.25) is 14.5 Å². The molecule has 9 nitrogen and oxygen atoms in total. The van der Waals surface area contributed by atoms with Crippen LogP contribution in [0.3, 0.4) is 0 Å². The zero-order chi connectivity index (χ0) is 13.3. The molecule has 0 saturated carbocycles. The Bertz CT molecular complexity index is 786. The maximum atomic E-state index is 11.8. The van der Waals surface area contributed by atoms with Crippen molar-refractivity contribution in [2.24, 2.45) is 0 Å². The molecule has 0 aliphatic heterocycles. The summed E-state index contributed by atoms with van der Waals surface area (Å²) in [5.74, 6) is 0. The van der Waals surface area contributed by atoms with Crippen LogP contribution in [0.2, 0.25) is 0 Å². The number of anilines is 1. The van der Waals surface area contributed by atoms with Crippen molar-refractivity contribution in [2.45, 2.75) is 11.8 Å². The van der Waals surface area contributed by atoms with E-state index in [0.29, 0.717) is 5.01 Å². The van der Waals surface area contributed by atoms with E-state index in [2.05, 4.69) is 19.9 Å². The molecule has 0 aliphatic rings. The first-order valence-corrected chi connectivity index (χ1v) is 6.83. The quantitative estimate of drug-likeness (QED) is 0.664. The summed E-state index contributed by atoms with van der Waals surface area (Å²) in [5, 5.41) is 7.81. The maximum absolute atomic E-state index is 11.8. The molecule has 0 unspecified atom stereocenters. The van der Waals surface area contributed by atoms with Gasteiger partial charge in [-0.15, -0.1) is 10.2 Å². The van der Waals surface area contributed by atoms with Crippen LogP contribution in [-0.2, 0) is 10.0 Å². The highest BCUT2D eigenvalue weighted by Gasteiger charge is 2.20. The van der Waals surface area contributed by atoms with Crippen LogP contribution in [0.1, 0.15) is 5.01 Å². The van der Waals surface area contributed by atoms with Crippen molar-refractivity contribution in [3.63, 3.8) is 0 Å². The number of nitrogens with one attached hydrogen (secondary N) is 3. The predicted molar refractivity (Wildman–Crippen MR) is 63.1 cm³/mol. The van der Waals surface area contributed by atoms with Crippen molar-refractivity contribution in [2.75, 3.05) is 4.72 Å². The molecule has 0 saturated heterocycles. The van der Waals surface area contributed by atoms with Crippen molar-refractivity contribution < 1.29 is 8.42 Å². The highest BCUT2D eigenvalue weighted by Crippen LogP contribution is 2.16. The molecule has 2 heterocycles. The van der Waals surface area contributed by atoms with Gasteiger partial charge in [0.2, 0.25) is 5.13 Å². The minimum atomic E-state index is -4.10. The van der Waals surface area contributed by atoms with Gasteiger partial charge in [0.25, 0.3) is 15.6 Å². The van der Waals surface area contributed by atoms with Crippen molar-refractivity contribution >= 4 is 26.5 Å². The highest BCUT2D eigenvalue weighted by atomic mass is 32.2. The summed E-state index contributed by atoms with van der Waals surface area (Å²) < 4.78 is 25.7. The van der Waals surface area contributed by atoms with Gasteiger partial charge >= 0.3 is 5.69 Å². The number of rotatable bonds is 3. The summed E-state index contributed by atoms with van der Waals surface area (Å²) in [6.45, 7) is 1.66. The van der Waals surface area contributed by atoms with Crippen LogP contribution in [-0.4, -0.2) is 28.6 Å². The minimum Gasteiger partial charge on any atom is -0.313 e. The summed E-state index contributed by atoms with van der Waals surface area (Å²) >= 11 is 1.02. The Hall–Kier alpha value is -2.01. The summed E-state index contributed by atoms with van der Waals surface area (Å²) in [4.78, 5) is 25.4. The molecule has 0 aromatic carbocycles. The zero-order valence-electron chi connectivity index (χ0n) is 8.92. The molecule has 0 fully saturated rings. The van der Waals surface area contributed by atoms with Gasteiger partial charge in [0.05, 0.1) is 0 Å². The van der Waals surface area contributed by atoms with E-state index in [0.717, 1.165) is 17.5 Å². The van der Waals surface area contributed by atoms with Gasteiger partial charge in [0, 0.05) is 6.20 Å². The molecule has 11 heteroatoms. The zero-order valence-corrected chi connectivity index (χ0v) is 10.6. The lowest BCUT2D eigenvalue weighted by Crippen LogP contribution is -2.29. The first-order chi connectivity index (χ1) is 8.38. The summed E-state index contributed by atoms with van der Waals surface area (Å²) in [7, 11) is -4.10. The third-order valence-electron chi connectivity index (χ3n) is 1.82. The SMILES string of the molecule is Cc1nnc(NS(=O)(=O)c2c[nH]c(=O)[nH]c2=O)s1. The van der Waals surface area contributed by atoms with Gasteiger partial charge < -0.3 is 4.98 Å². The third-order valence-corrected chi connectivity index (χ3v) is 4.05. The fraction of sp³-hybridized carbons (Fsp3) is 0.143. The lowest BCUT2D eigenvalue weighted by Gasteiger charge is -2.02. The van der Waals surface area contributed by atoms with Crippen LogP contribution in [0.5, 0.6) is 0 Å². The average molecular weight is 289 g/mol. The Labute approximate surface area is 104 Å². The minimum absolute atomic E-state index is 0.0399. The molecule has 3 N–H and O–H groups in total. The topological polar surface area (TPSA) is 138 Å². The molecule has 2 rings (SSSR count). The van der Waals surface area contributed by atoms with Gasteiger partial charge in [-0.05, 0) is 6.92 Å². The highest BCUT2D eigenvalue weighted by molar-refractivity contribution is 7.92. The normalized spacial score (nSPS) is 11.4. The molecule has 0 bridgehead atoms. The maximum Gasteiger partial charge on any atom is 0.325 e. The number of aromatic nitrogens is 4. The number of aryl methyl sites for hydroxylation is 1. The van der Waals surface area contributed by atoms with E-state index < -0.39 is 26.2 Å². The molecule has 2 aromatic heterocycles. The molecular formula is C7H7N5O4S2. The standard InChI is InChI=1S/C7H7N5O4S2/c1-3-10-11-7(17-3)12-18(15,16)4-2-8-6(14)9-5(4)13/h2H,1H3,(H,11,12)(H2,8,9,13,14). The first-order valence-electron chi connectivity index (χ1n) is 4.53. The van der Waals surface area contributed by atoms with Gasteiger partial charge in [-0.2, -0.15) is 0 Å². The number of sulfonamides is 1. The molecular weight excluding hydrogens is 282 g/mol. The Morgan fingerprint density at radius 1 is 1.33 bits per heavy atom. The van der Waals surface area contributed by atoms with E-state index in [1.807, 2.05) is 4.98 Å². The predicted octanol–water partition coefficient (Wildman–Crippen LogP) is -0.976. The number of hydrogen-bond acceptors (Lipinski definition) is 7. The van der Waals surface area contributed by atoms with Crippen LogP contribution in [0.4, 0.5) is 5.13 Å². The number of hydrogen-bond donors (Lipinski definition) is 3. The second-order valence-corrected chi connectivity index (χ2v) is 6.00.